The molecule has 0 aromatic carbocycles. The topological polar surface area (TPSA) is 12.5 Å². The monoisotopic (exact) mass is 173 g/mol. The molecular formula is C8H20AlNO. The normalized spacial score (nSPS) is 10.6. The summed E-state index contributed by atoms with van der Waals surface area (Å²) < 4.78 is 7.54. The summed E-state index contributed by atoms with van der Waals surface area (Å²) in [4.78, 5) is 0. The predicted octanol–water partition coefficient (Wildman–Crippen LogP) is 1.60. The van der Waals surface area contributed by atoms with Crippen molar-refractivity contribution in [3.63, 3.8) is 0 Å². The highest BCUT2D eigenvalue weighted by Gasteiger charge is 2.17. The van der Waals surface area contributed by atoms with Crippen molar-refractivity contribution in [2.24, 2.45) is 0 Å². The van der Waals surface area contributed by atoms with Crippen LogP contribution in [0.5, 0.6) is 0 Å². The first-order valence-corrected chi connectivity index (χ1v) is 6.60. The first-order chi connectivity index (χ1) is 5.26. The smallest absolute Gasteiger partial charge is 0.372 e. The highest BCUT2D eigenvalue weighted by molar-refractivity contribution is 6.55. The molecule has 0 aromatic heterocycles. The van der Waals surface area contributed by atoms with Crippen LogP contribution in [0.15, 0.2) is 0 Å². The van der Waals surface area contributed by atoms with Gasteiger partial charge in [0.05, 0.1) is 6.61 Å². The third-order valence-electron chi connectivity index (χ3n) is 2.21. The van der Waals surface area contributed by atoms with Gasteiger partial charge in [0.1, 0.15) is 0 Å². The van der Waals surface area contributed by atoms with Crippen LogP contribution in [0.2, 0.25) is 10.6 Å². The molecule has 11 heavy (non-hydrogen) atoms. The van der Waals surface area contributed by atoms with Crippen molar-refractivity contribution < 1.29 is 4.74 Å². The second kappa shape index (κ2) is 7.12. The average Bonchev–Trinajstić information content (AvgIpc) is 2.03. The average molecular weight is 173 g/mol. The van der Waals surface area contributed by atoms with E-state index in [1.54, 1.807) is 7.11 Å². The molecular weight excluding hydrogens is 153 g/mol. The lowest BCUT2D eigenvalue weighted by Crippen LogP contribution is -2.36. The molecule has 0 amide bonds. The molecule has 2 nitrogen and oxygen atoms in total. The van der Waals surface area contributed by atoms with Gasteiger partial charge in [-0.25, -0.2) is 0 Å². The number of ether oxygens (including phenoxy) is 1. The molecule has 66 valence electrons. The molecule has 0 aliphatic carbocycles. The number of hydrogen-bond acceptors (Lipinski definition) is 2. The fourth-order valence-corrected chi connectivity index (χ4v) is 3.62. The number of nitrogens with zero attached hydrogens (tertiary/aromatic N) is 1. The third-order valence-corrected chi connectivity index (χ3v) is 5.60. The second-order valence-electron chi connectivity index (χ2n) is 2.94. The van der Waals surface area contributed by atoms with Gasteiger partial charge in [-0.1, -0.05) is 24.4 Å². The maximum atomic E-state index is 5.03. The van der Waals surface area contributed by atoms with Crippen molar-refractivity contribution in [3.8, 4) is 0 Å². The van der Waals surface area contributed by atoms with E-state index in [0.29, 0.717) is 0 Å². The van der Waals surface area contributed by atoms with Gasteiger partial charge in [-0.2, -0.15) is 0 Å². The van der Waals surface area contributed by atoms with Crippen molar-refractivity contribution >= 4 is 14.4 Å². The Labute approximate surface area is 75.1 Å². The van der Waals surface area contributed by atoms with Gasteiger partial charge in [0, 0.05) is 13.7 Å². The van der Waals surface area contributed by atoms with Gasteiger partial charge in [-0.15, -0.1) is 0 Å². The molecule has 0 bridgehead atoms. The van der Waals surface area contributed by atoms with Crippen LogP contribution < -0.4 is 0 Å². The summed E-state index contributed by atoms with van der Waals surface area (Å²) in [7, 11) is 3.99. The van der Waals surface area contributed by atoms with Gasteiger partial charge in [-0.05, 0) is 7.05 Å². The van der Waals surface area contributed by atoms with E-state index in [0.717, 1.165) is 13.2 Å². The largest absolute Gasteiger partial charge is 0.385 e. The van der Waals surface area contributed by atoms with Crippen LogP contribution in [-0.2, 0) is 4.74 Å². The molecule has 0 fully saturated rings. The Bertz CT molecular complexity index is 86.2. The highest BCUT2D eigenvalue weighted by Crippen LogP contribution is 2.02. The fraction of sp³-hybridized carbons (Fsp3) is 1.00. The maximum absolute atomic E-state index is 5.03. The number of hydrogen-bond donors (Lipinski definition) is 0. The summed E-state index contributed by atoms with van der Waals surface area (Å²) in [5, 5.41) is 2.74. The Hall–Kier alpha value is 0.452. The molecule has 0 saturated heterocycles. The van der Waals surface area contributed by atoms with Crippen molar-refractivity contribution in [2.75, 3.05) is 27.3 Å². The SMILES string of the molecule is C[CH2][Al]([CH2]C)[N](C)CCOC. The lowest BCUT2D eigenvalue weighted by atomic mass is 10.7. The van der Waals surface area contributed by atoms with Crippen molar-refractivity contribution in [2.45, 2.75) is 24.4 Å². The van der Waals surface area contributed by atoms with Crippen LogP contribution in [0.1, 0.15) is 13.8 Å². The minimum Gasteiger partial charge on any atom is -0.385 e. The number of methoxy groups -OCH3 is 1. The van der Waals surface area contributed by atoms with Gasteiger partial charge in [-0.3, -0.25) is 0 Å². The summed E-state index contributed by atoms with van der Waals surface area (Å²) in [5.74, 6) is 0. The molecule has 0 rings (SSSR count). The standard InChI is InChI=1S/C4H10NO.2C2H5.Al/c1-5-3-4-6-2;2*1-2;/h3-4H2,1-2H3;2*1H2,2H3;/q-1;;;+1. The summed E-state index contributed by atoms with van der Waals surface area (Å²) in [5.41, 5.74) is 0. The summed E-state index contributed by atoms with van der Waals surface area (Å²) in [6, 6.07) is 0. The summed E-state index contributed by atoms with van der Waals surface area (Å²) in [6.45, 7) is 6.57. The van der Waals surface area contributed by atoms with Crippen LogP contribution in [0.3, 0.4) is 0 Å². The molecule has 0 unspecified atom stereocenters. The summed E-state index contributed by atoms with van der Waals surface area (Å²) >= 11 is -0.565. The van der Waals surface area contributed by atoms with Gasteiger partial charge in [0.25, 0.3) is 0 Å². The third kappa shape index (κ3) is 4.82. The van der Waals surface area contributed by atoms with E-state index in [1.165, 1.54) is 10.6 Å². The van der Waals surface area contributed by atoms with Gasteiger partial charge in [0.2, 0.25) is 0 Å². The minimum atomic E-state index is -0.565. The zero-order valence-corrected chi connectivity index (χ0v) is 9.42. The van der Waals surface area contributed by atoms with E-state index in [1.807, 2.05) is 0 Å². The summed E-state index contributed by atoms with van der Waals surface area (Å²) in [6.07, 6.45) is 0. The highest BCUT2D eigenvalue weighted by atomic mass is 27.2. The molecule has 0 radical (unpaired) electrons. The van der Waals surface area contributed by atoms with Crippen LogP contribution >= 0.6 is 0 Å². The molecule has 0 aliphatic rings. The maximum Gasteiger partial charge on any atom is 0.372 e. The lowest BCUT2D eigenvalue weighted by molar-refractivity contribution is 0.184. The second-order valence-corrected chi connectivity index (χ2v) is 6.77. The zero-order valence-electron chi connectivity index (χ0n) is 8.26. The molecule has 3 heteroatoms. The van der Waals surface area contributed by atoms with Crippen LogP contribution in [0.4, 0.5) is 0 Å². The molecule has 0 spiro atoms. The van der Waals surface area contributed by atoms with E-state index >= 15 is 0 Å². The van der Waals surface area contributed by atoms with E-state index in [-0.39, 0.29) is 0 Å². The van der Waals surface area contributed by atoms with Gasteiger partial charge in [0.15, 0.2) is 0 Å². The molecule has 0 atom stereocenters. The Morgan fingerprint density at radius 1 is 1.27 bits per heavy atom. The molecule has 0 saturated carbocycles. The number of likely N-dealkylation sites (N-methyl/N-ethyl adjacent to an activating group) is 1. The Morgan fingerprint density at radius 2 is 1.82 bits per heavy atom. The van der Waals surface area contributed by atoms with Crippen molar-refractivity contribution in [1.29, 1.82) is 0 Å². The van der Waals surface area contributed by atoms with E-state index in [2.05, 4.69) is 24.8 Å². The van der Waals surface area contributed by atoms with Crippen LogP contribution in [0.25, 0.3) is 0 Å². The van der Waals surface area contributed by atoms with Gasteiger partial charge < -0.3 is 8.62 Å². The fourth-order valence-electron chi connectivity index (χ4n) is 1.33. The molecule has 0 heterocycles. The lowest BCUT2D eigenvalue weighted by Gasteiger charge is -2.21. The zero-order chi connectivity index (χ0) is 8.69. The molecule has 0 aliphatic heterocycles. The van der Waals surface area contributed by atoms with Crippen LogP contribution in [0, 0.1) is 0 Å². The van der Waals surface area contributed by atoms with Crippen LogP contribution in [-0.4, -0.2) is 45.6 Å². The van der Waals surface area contributed by atoms with Crippen molar-refractivity contribution in [1.82, 2.24) is 3.88 Å². The van der Waals surface area contributed by atoms with Gasteiger partial charge >= 0.3 is 14.4 Å². The van der Waals surface area contributed by atoms with E-state index < -0.39 is 14.4 Å². The quantitative estimate of drug-likeness (QED) is 0.566. The van der Waals surface area contributed by atoms with Crippen molar-refractivity contribution in [3.05, 3.63) is 0 Å². The first-order valence-electron chi connectivity index (χ1n) is 4.45. The van der Waals surface area contributed by atoms with E-state index in [4.69, 9.17) is 4.74 Å². The molecule has 0 aromatic rings. The Kier molecular flexibility index (Phi) is 7.41. The predicted molar refractivity (Wildman–Crippen MR) is 51.2 cm³/mol. The first kappa shape index (κ1) is 11.5. The number of rotatable bonds is 6. The van der Waals surface area contributed by atoms with E-state index in [9.17, 15) is 0 Å². The minimum absolute atomic E-state index is 0.565. The Balaban J connectivity index is 3.51. The molecule has 0 N–H and O–H groups in total. The Morgan fingerprint density at radius 3 is 2.18 bits per heavy atom.